The fraction of sp³-hybridized carbons (Fsp3) is 0.400. The summed E-state index contributed by atoms with van der Waals surface area (Å²) in [5.74, 6) is 0. The van der Waals surface area contributed by atoms with Gasteiger partial charge < -0.3 is 15.6 Å². The van der Waals surface area contributed by atoms with E-state index in [0.29, 0.717) is 28.3 Å². The molecule has 30 heavy (non-hydrogen) atoms. The van der Waals surface area contributed by atoms with Crippen molar-refractivity contribution in [3.8, 4) is 0 Å². The molecule has 2 aromatic rings. The number of benzene rings is 2. The molecule has 3 nitrogen and oxygen atoms in total. The van der Waals surface area contributed by atoms with E-state index in [-0.39, 0.29) is 31.2 Å². The zero-order chi connectivity index (χ0) is 22.7. The fourth-order valence-electron chi connectivity index (χ4n) is 3.11. The number of nitrogens with two attached hydrogens (primary N) is 1. The second kappa shape index (κ2) is 9.13. The van der Waals surface area contributed by atoms with E-state index in [1.165, 1.54) is 0 Å². The summed E-state index contributed by atoms with van der Waals surface area (Å²) in [7, 11) is 0. The summed E-state index contributed by atoms with van der Waals surface area (Å²) in [6.07, 6.45) is -9.83. The third-order valence-electron chi connectivity index (χ3n) is 4.50. The lowest BCUT2D eigenvalue weighted by Gasteiger charge is -2.30. The topological polar surface area (TPSA) is 55.5 Å². The maximum absolute atomic E-state index is 13.0. The van der Waals surface area contributed by atoms with E-state index in [0.717, 1.165) is 0 Å². The maximum atomic E-state index is 13.0. The highest BCUT2D eigenvalue weighted by Crippen LogP contribution is 2.37. The van der Waals surface area contributed by atoms with Crippen LogP contribution in [0.1, 0.15) is 34.2 Å². The standard InChI is InChI=1S/C20H20ClF6NO2/c1-12-6-16(21)2-3-17(12)18(29,4-5-28)11-30-10-13-7-14(19(22,23)24)9-15(8-13)20(25,26)27/h2-3,6-9,29H,4-5,10-11,28H2,1H3. The average molecular weight is 456 g/mol. The second-order valence-corrected chi connectivity index (χ2v) is 7.37. The van der Waals surface area contributed by atoms with E-state index in [2.05, 4.69) is 0 Å². The Morgan fingerprint density at radius 1 is 0.967 bits per heavy atom. The average Bonchev–Trinajstić information content (AvgIpc) is 2.60. The lowest BCUT2D eigenvalue weighted by Crippen LogP contribution is -2.35. The van der Waals surface area contributed by atoms with Crippen LogP contribution in [0, 0.1) is 6.92 Å². The number of hydrogen-bond acceptors (Lipinski definition) is 3. The zero-order valence-electron chi connectivity index (χ0n) is 15.9. The van der Waals surface area contributed by atoms with E-state index >= 15 is 0 Å². The van der Waals surface area contributed by atoms with Crippen molar-refractivity contribution in [2.45, 2.75) is 37.9 Å². The summed E-state index contributed by atoms with van der Waals surface area (Å²) >= 11 is 5.91. The van der Waals surface area contributed by atoms with Gasteiger partial charge in [-0.15, -0.1) is 0 Å². The maximum Gasteiger partial charge on any atom is 0.416 e. The van der Waals surface area contributed by atoms with Crippen LogP contribution in [0.5, 0.6) is 0 Å². The Morgan fingerprint density at radius 3 is 2.00 bits per heavy atom. The van der Waals surface area contributed by atoms with Gasteiger partial charge in [-0.1, -0.05) is 17.7 Å². The third-order valence-corrected chi connectivity index (χ3v) is 4.74. The fourth-order valence-corrected chi connectivity index (χ4v) is 3.34. The minimum absolute atomic E-state index is 0.0470. The highest BCUT2D eigenvalue weighted by atomic mass is 35.5. The van der Waals surface area contributed by atoms with E-state index in [4.69, 9.17) is 22.1 Å². The molecule has 3 N–H and O–H groups in total. The molecular weight excluding hydrogens is 436 g/mol. The summed E-state index contributed by atoms with van der Waals surface area (Å²) in [6, 6.07) is 5.96. The number of aryl methyl sites for hydroxylation is 1. The first-order chi connectivity index (χ1) is 13.8. The third kappa shape index (κ3) is 6.10. The number of aliphatic hydroxyl groups is 1. The Bertz CT molecular complexity index is 852. The van der Waals surface area contributed by atoms with E-state index < -0.39 is 35.7 Å². The van der Waals surface area contributed by atoms with Crippen molar-refractivity contribution in [1.29, 1.82) is 0 Å². The van der Waals surface area contributed by atoms with Crippen molar-refractivity contribution in [3.05, 3.63) is 69.2 Å². The first-order valence-electron chi connectivity index (χ1n) is 8.81. The molecule has 0 radical (unpaired) electrons. The first kappa shape index (κ1) is 24.5. The molecule has 0 aliphatic carbocycles. The molecule has 2 rings (SSSR count). The molecule has 10 heteroatoms. The summed E-state index contributed by atoms with van der Waals surface area (Å²) in [5.41, 5.74) is 1.89. The lowest BCUT2D eigenvalue weighted by atomic mass is 9.88. The Balaban J connectivity index is 2.26. The Hall–Kier alpha value is -1.81. The van der Waals surface area contributed by atoms with Crippen LogP contribution in [0.15, 0.2) is 36.4 Å². The molecule has 0 aliphatic heterocycles. The van der Waals surface area contributed by atoms with Gasteiger partial charge in [0.25, 0.3) is 0 Å². The molecule has 0 aliphatic rings. The van der Waals surface area contributed by atoms with Crippen LogP contribution in [0.2, 0.25) is 5.02 Å². The molecule has 0 aromatic heterocycles. The summed E-state index contributed by atoms with van der Waals surface area (Å²) in [6.45, 7) is 0.825. The minimum atomic E-state index is -4.95. The predicted octanol–water partition coefficient (Wildman–Crippen LogP) is 5.44. The molecule has 1 atom stereocenters. The van der Waals surface area contributed by atoms with Crippen LogP contribution in [-0.4, -0.2) is 18.3 Å². The molecule has 0 spiro atoms. The van der Waals surface area contributed by atoms with Crippen molar-refractivity contribution in [3.63, 3.8) is 0 Å². The molecule has 2 aromatic carbocycles. The van der Waals surface area contributed by atoms with Gasteiger partial charge in [0, 0.05) is 5.02 Å². The molecule has 0 amide bonds. The van der Waals surface area contributed by atoms with Crippen molar-refractivity contribution >= 4 is 11.6 Å². The van der Waals surface area contributed by atoms with Crippen LogP contribution in [0.3, 0.4) is 0 Å². The van der Waals surface area contributed by atoms with Gasteiger partial charge >= 0.3 is 12.4 Å². The van der Waals surface area contributed by atoms with Gasteiger partial charge in [0.1, 0.15) is 5.60 Å². The molecule has 1 unspecified atom stereocenters. The number of alkyl halides is 6. The van der Waals surface area contributed by atoms with Gasteiger partial charge in [-0.05, 0) is 66.9 Å². The van der Waals surface area contributed by atoms with Crippen LogP contribution >= 0.6 is 11.6 Å². The number of rotatable bonds is 7. The van der Waals surface area contributed by atoms with E-state index in [1.54, 1.807) is 25.1 Å². The molecule has 0 saturated carbocycles. The van der Waals surface area contributed by atoms with Gasteiger partial charge in [-0.25, -0.2) is 0 Å². The largest absolute Gasteiger partial charge is 0.416 e. The zero-order valence-corrected chi connectivity index (χ0v) is 16.6. The van der Waals surface area contributed by atoms with Gasteiger partial charge in [0.15, 0.2) is 0 Å². The minimum Gasteiger partial charge on any atom is -0.383 e. The van der Waals surface area contributed by atoms with Crippen LogP contribution in [0.4, 0.5) is 26.3 Å². The second-order valence-electron chi connectivity index (χ2n) is 6.94. The van der Waals surface area contributed by atoms with Gasteiger partial charge in [0.2, 0.25) is 0 Å². The number of halogens is 7. The van der Waals surface area contributed by atoms with Crippen LogP contribution in [0.25, 0.3) is 0 Å². The molecule has 0 saturated heterocycles. The molecule has 0 bridgehead atoms. The van der Waals surface area contributed by atoms with Crippen molar-refractivity contribution in [2.75, 3.05) is 13.2 Å². The van der Waals surface area contributed by atoms with E-state index in [1.807, 2.05) is 0 Å². The number of hydrogen-bond donors (Lipinski definition) is 2. The van der Waals surface area contributed by atoms with Crippen molar-refractivity contribution in [2.24, 2.45) is 5.73 Å². The number of ether oxygens (including phenoxy) is 1. The SMILES string of the molecule is Cc1cc(Cl)ccc1C(O)(CCN)COCc1cc(C(F)(F)F)cc(C(F)(F)F)c1. The lowest BCUT2D eigenvalue weighted by molar-refractivity contribution is -0.143. The monoisotopic (exact) mass is 455 g/mol. The predicted molar refractivity (Wildman–Crippen MR) is 99.9 cm³/mol. The highest BCUT2D eigenvalue weighted by molar-refractivity contribution is 6.30. The summed E-state index contributed by atoms with van der Waals surface area (Å²) in [4.78, 5) is 0. The van der Waals surface area contributed by atoms with Gasteiger partial charge in [0.05, 0.1) is 24.3 Å². The molecular formula is C20H20ClF6NO2. The molecule has 166 valence electrons. The van der Waals surface area contributed by atoms with E-state index in [9.17, 15) is 31.4 Å². The highest BCUT2D eigenvalue weighted by Gasteiger charge is 2.37. The van der Waals surface area contributed by atoms with Crippen molar-refractivity contribution < 1.29 is 36.2 Å². The van der Waals surface area contributed by atoms with Gasteiger partial charge in [-0.3, -0.25) is 0 Å². The smallest absolute Gasteiger partial charge is 0.383 e. The van der Waals surface area contributed by atoms with Crippen LogP contribution < -0.4 is 5.73 Å². The quantitative estimate of drug-likeness (QED) is 0.547. The first-order valence-corrected chi connectivity index (χ1v) is 9.19. The van der Waals surface area contributed by atoms with Crippen LogP contribution in [-0.2, 0) is 29.3 Å². The Kier molecular flexibility index (Phi) is 7.45. The summed E-state index contributed by atoms with van der Waals surface area (Å²) < 4.78 is 83.2. The summed E-state index contributed by atoms with van der Waals surface area (Å²) in [5, 5.41) is 11.4. The Labute approximate surface area is 174 Å². The van der Waals surface area contributed by atoms with Gasteiger partial charge in [-0.2, -0.15) is 26.3 Å². The molecule has 0 fully saturated rings. The molecule has 0 heterocycles. The Morgan fingerprint density at radius 2 is 1.53 bits per heavy atom. The normalized spacial score (nSPS) is 14.6. The van der Waals surface area contributed by atoms with Crippen molar-refractivity contribution in [1.82, 2.24) is 0 Å².